The van der Waals surface area contributed by atoms with Crippen molar-refractivity contribution in [3.8, 4) is 0 Å². The molecule has 1 aliphatic heterocycles. The number of carbonyl (C=O) groups is 2. The first-order chi connectivity index (χ1) is 9.72. The van der Waals surface area contributed by atoms with Crippen LogP contribution in [0, 0.1) is 5.92 Å². The molecule has 2 heterocycles. The summed E-state index contributed by atoms with van der Waals surface area (Å²) in [7, 11) is 0. The van der Waals surface area contributed by atoms with Gasteiger partial charge in [0.1, 0.15) is 0 Å². The second-order valence-corrected chi connectivity index (χ2v) is 4.84. The normalized spacial score (nSPS) is 15.7. The lowest BCUT2D eigenvalue weighted by Gasteiger charge is -2.31. The summed E-state index contributed by atoms with van der Waals surface area (Å²) in [5, 5.41) is 2.81. The molecule has 1 fully saturated rings. The third-order valence-corrected chi connectivity index (χ3v) is 3.48. The quantitative estimate of drug-likeness (QED) is 0.839. The third kappa shape index (κ3) is 3.44. The smallest absolute Gasteiger partial charge is 0.255 e. The number of pyridine rings is 1. The number of nitrogens with one attached hydrogen (secondary N) is 1. The summed E-state index contributed by atoms with van der Waals surface area (Å²) in [6.45, 7) is 5.29. The average Bonchev–Trinajstić information content (AvgIpc) is 2.53. The van der Waals surface area contributed by atoms with E-state index in [0.717, 1.165) is 0 Å². The molecule has 106 valence electrons. The maximum absolute atomic E-state index is 12.2. The predicted octanol–water partition coefficient (Wildman–Crippen LogP) is 1.24. The molecular formula is C15H19N3O2. The van der Waals surface area contributed by atoms with Crippen LogP contribution >= 0.6 is 0 Å². The second kappa shape index (κ2) is 6.84. The van der Waals surface area contributed by atoms with Gasteiger partial charge in [0.05, 0.1) is 5.56 Å². The van der Waals surface area contributed by atoms with E-state index in [2.05, 4.69) is 16.9 Å². The molecule has 0 radical (unpaired) electrons. The highest BCUT2D eigenvalue weighted by molar-refractivity contribution is 5.94. The fourth-order valence-corrected chi connectivity index (χ4v) is 2.33. The van der Waals surface area contributed by atoms with Gasteiger partial charge in [0.2, 0.25) is 5.91 Å². The highest BCUT2D eigenvalue weighted by atomic mass is 16.2. The Morgan fingerprint density at radius 3 is 2.80 bits per heavy atom. The molecule has 2 amide bonds. The van der Waals surface area contributed by atoms with Crippen molar-refractivity contribution < 1.29 is 9.59 Å². The molecule has 1 aromatic heterocycles. The molecule has 5 heteroatoms. The molecule has 20 heavy (non-hydrogen) atoms. The molecule has 1 aromatic rings. The monoisotopic (exact) mass is 273 g/mol. The number of piperidine rings is 1. The molecular weight excluding hydrogens is 254 g/mol. The molecule has 0 unspecified atom stereocenters. The summed E-state index contributed by atoms with van der Waals surface area (Å²) in [4.78, 5) is 29.8. The SMILES string of the molecule is C=CCNC(=O)C1CCN(C(=O)c2cccnc2)CC1. The fraction of sp³-hybridized carbons (Fsp3) is 0.400. The van der Waals surface area contributed by atoms with E-state index in [-0.39, 0.29) is 17.7 Å². The van der Waals surface area contributed by atoms with Gasteiger partial charge in [-0.15, -0.1) is 6.58 Å². The van der Waals surface area contributed by atoms with E-state index in [1.54, 1.807) is 35.5 Å². The van der Waals surface area contributed by atoms with Crippen LogP contribution in [-0.4, -0.2) is 41.3 Å². The van der Waals surface area contributed by atoms with E-state index in [1.807, 2.05) is 0 Å². The van der Waals surface area contributed by atoms with Crippen molar-refractivity contribution in [2.45, 2.75) is 12.8 Å². The molecule has 1 N–H and O–H groups in total. The molecule has 0 atom stereocenters. The van der Waals surface area contributed by atoms with E-state index in [0.29, 0.717) is 38.0 Å². The first kappa shape index (κ1) is 14.2. The van der Waals surface area contributed by atoms with Gasteiger partial charge < -0.3 is 10.2 Å². The number of hydrogen-bond acceptors (Lipinski definition) is 3. The van der Waals surface area contributed by atoms with E-state index < -0.39 is 0 Å². The van der Waals surface area contributed by atoms with Crippen molar-refractivity contribution in [2.24, 2.45) is 5.92 Å². The van der Waals surface area contributed by atoms with Crippen LogP contribution in [-0.2, 0) is 4.79 Å². The largest absolute Gasteiger partial charge is 0.352 e. The van der Waals surface area contributed by atoms with Crippen molar-refractivity contribution in [1.29, 1.82) is 0 Å². The minimum atomic E-state index is -0.0111. The Kier molecular flexibility index (Phi) is 4.87. The molecule has 0 aromatic carbocycles. The topological polar surface area (TPSA) is 62.3 Å². The van der Waals surface area contributed by atoms with Crippen molar-refractivity contribution in [3.05, 3.63) is 42.7 Å². The lowest BCUT2D eigenvalue weighted by atomic mass is 9.95. The Bertz CT molecular complexity index is 479. The first-order valence-corrected chi connectivity index (χ1v) is 6.80. The average molecular weight is 273 g/mol. The highest BCUT2D eigenvalue weighted by Crippen LogP contribution is 2.19. The number of rotatable bonds is 4. The number of nitrogens with zero attached hydrogens (tertiary/aromatic N) is 2. The summed E-state index contributed by atoms with van der Waals surface area (Å²) in [5.74, 6) is 0.0364. The van der Waals surface area contributed by atoms with Gasteiger partial charge in [-0.3, -0.25) is 14.6 Å². The summed E-state index contributed by atoms with van der Waals surface area (Å²) in [6, 6.07) is 3.51. The van der Waals surface area contributed by atoms with Gasteiger partial charge in [-0.25, -0.2) is 0 Å². The minimum Gasteiger partial charge on any atom is -0.352 e. The minimum absolute atomic E-state index is 0.00658. The van der Waals surface area contributed by atoms with Crippen LogP contribution in [0.3, 0.4) is 0 Å². The molecule has 5 nitrogen and oxygen atoms in total. The van der Waals surface area contributed by atoms with E-state index in [4.69, 9.17) is 0 Å². The number of hydrogen-bond donors (Lipinski definition) is 1. The van der Waals surface area contributed by atoms with Gasteiger partial charge in [-0.1, -0.05) is 6.08 Å². The number of amides is 2. The van der Waals surface area contributed by atoms with Gasteiger partial charge in [-0.05, 0) is 25.0 Å². The van der Waals surface area contributed by atoms with Gasteiger partial charge in [0, 0.05) is 37.9 Å². The summed E-state index contributed by atoms with van der Waals surface area (Å²) in [5.41, 5.74) is 0.599. The summed E-state index contributed by atoms with van der Waals surface area (Å²) >= 11 is 0. The zero-order valence-electron chi connectivity index (χ0n) is 11.4. The Balaban J connectivity index is 1.86. The predicted molar refractivity (Wildman–Crippen MR) is 76.1 cm³/mol. The van der Waals surface area contributed by atoms with Gasteiger partial charge in [-0.2, -0.15) is 0 Å². The van der Waals surface area contributed by atoms with Crippen LogP contribution in [0.1, 0.15) is 23.2 Å². The van der Waals surface area contributed by atoms with Gasteiger partial charge in [0.15, 0.2) is 0 Å². The van der Waals surface area contributed by atoms with Gasteiger partial charge in [0.25, 0.3) is 5.91 Å². The maximum Gasteiger partial charge on any atom is 0.255 e. The molecule has 0 aliphatic carbocycles. The Labute approximate surface area is 118 Å². The zero-order chi connectivity index (χ0) is 14.4. The van der Waals surface area contributed by atoms with Gasteiger partial charge >= 0.3 is 0 Å². The first-order valence-electron chi connectivity index (χ1n) is 6.80. The number of aromatic nitrogens is 1. The van der Waals surface area contributed by atoms with E-state index >= 15 is 0 Å². The zero-order valence-corrected chi connectivity index (χ0v) is 11.4. The standard InChI is InChI=1S/C15H19N3O2/c1-2-7-17-14(19)12-5-9-18(10-6-12)15(20)13-4-3-8-16-11-13/h2-4,8,11-12H,1,5-7,9-10H2,(H,17,19). The molecule has 1 aliphatic rings. The van der Waals surface area contributed by atoms with Crippen molar-refractivity contribution in [1.82, 2.24) is 15.2 Å². The van der Waals surface area contributed by atoms with Crippen molar-refractivity contribution in [3.63, 3.8) is 0 Å². The fourth-order valence-electron chi connectivity index (χ4n) is 2.33. The summed E-state index contributed by atoms with van der Waals surface area (Å²) < 4.78 is 0. The third-order valence-electron chi connectivity index (χ3n) is 3.48. The van der Waals surface area contributed by atoms with Crippen LogP contribution < -0.4 is 5.32 Å². The second-order valence-electron chi connectivity index (χ2n) is 4.84. The Morgan fingerprint density at radius 2 is 2.20 bits per heavy atom. The van der Waals surface area contributed by atoms with Crippen LogP contribution in [0.2, 0.25) is 0 Å². The summed E-state index contributed by atoms with van der Waals surface area (Å²) in [6.07, 6.45) is 6.29. The maximum atomic E-state index is 12.2. The van der Waals surface area contributed by atoms with E-state index in [1.165, 1.54) is 0 Å². The van der Waals surface area contributed by atoms with Crippen molar-refractivity contribution in [2.75, 3.05) is 19.6 Å². The molecule has 2 rings (SSSR count). The van der Waals surface area contributed by atoms with Crippen LogP contribution in [0.15, 0.2) is 37.2 Å². The Hall–Kier alpha value is -2.17. The number of likely N-dealkylation sites (tertiary alicyclic amines) is 1. The van der Waals surface area contributed by atoms with Crippen LogP contribution in [0.4, 0.5) is 0 Å². The van der Waals surface area contributed by atoms with Crippen molar-refractivity contribution >= 4 is 11.8 Å². The van der Waals surface area contributed by atoms with Crippen LogP contribution in [0.25, 0.3) is 0 Å². The molecule has 0 bridgehead atoms. The molecule has 0 spiro atoms. The Morgan fingerprint density at radius 1 is 1.45 bits per heavy atom. The van der Waals surface area contributed by atoms with E-state index in [9.17, 15) is 9.59 Å². The molecule has 0 saturated carbocycles. The lowest BCUT2D eigenvalue weighted by molar-refractivity contribution is -0.126. The highest BCUT2D eigenvalue weighted by Gasteiger charge is 2.27. The number of carbonyl (C=O) groups excluding carboxylic acids is 2. The van der Waals surface area contributed by atoms with Crippen LogP contribution in [0.5, 0.6) is 0 Å². The lowest BCUT2D eigenvalue weighted by Crippen LogP contribution is -2.43. The molecule has 1 saturated heterocycles.